The van der Waals surface area contributed by atoms with Crippen molar-refractivity contribution in [2.24, 2.45) is 5.92 Å². The first-order chi connectivity index (χ1) is 12.5. The monoisotopic (exact) mass is 357 g/mol. The summed E-state index contributed by atoms with van der Waals surface area (Å²) in [5.41, 5.74) is 1.10. The molecule has 1 amide bonds. The van der Waals surface area contributed by atoms with Gasteiger partial charge in [-0.3, -0.25) is 4.79 Å². The summed E-state index contributed by atoms with van der Waals surface area (Å²) in [5, 5.41) is 19.5. The highest BCUT2D eigenvalue weighted by Crippen LogP contribution is 2.31. The smallest absolute Gasteiger partial charge is 0.335 e. The molecular formula is C20H20FNO4. The van der Waals surface area contributed by atoms with Crippen molar-refractivity contribution < 1.29 is 24.2 Å². The molecule has 0 radical (unpaired) electrons. The van der Waals surface area contributed by atoms with E-state index in [1.54, 1.807) is 29.2 Å². The number of hydrogen-bond acceptors (Lipinski definition) is 3. The molecule has 0 unspecified atom stereocenters. The zero-order valence-corrected chi connectivity index (χ0v) is 14.1. The second-order valence-corrected chi connectivity index (χ2v) is 6.51. The summed E-state index contributed by atoms with van der Waals surface area (Å²) in [6.07, 6.45) is 0.564. The number of benzene rings is 2. The van der Waals surface area contributed by atoms with Crippen molar-refractivity contribution in [3.05, 3.63) is 71.0 Å². The van der Waals surface area contributed by atoms with Crippen LogP contribution < -0.4 is 0 Å². The van der Waals surface area contributed by atoms with Gasteiger partial charge in [0.15, 0.2) is 0 Å². The van der Waals surface area contributed by atoms with Gasteiger partial charge in [0.1, 0.15) is 5.82 Å². The van der Waals surface area contributed by atoms with Crippen molar-refractivity contribution in [3.63, 3.8) is 0 Å². The molecule has 0 saturated carbocycles. The molecule has 2 aromatic carbocycles. The SMILES string of the molecule is O=C(O)c1cccc(C(=O)N2CCC([C@H](O)c3ccc(F)cc3)CC2)c1. The predicted octanol–water partition coefficient (Wildman–Crippen LogP) is 3.11. The van der Waals surface area contributed by atoms with E-state index in [1.165, 1.54) is 24.3 Å². The first-order valence-electron chi connectivity index (χ1n) is 8.52. The number of aliphatic hydroxyl groups excluding tert-OH is 1. The maximum Gasteiger partial charge on any atom is 0.335 e. The van der Waals surface area contributed by atoms with Crippen LogP contribution in [0.1, 0.15) is 45.2 Å². The van der Waals surface area contributed by atoms with E-state index >= 15 is 0 Å². The number of carbonyl (C=O) groups excluding carboxylic acids is 1. The highest BCUT2D eigenvalue weighted by atomic mass is 19.1. The van der Waals surface area contributed by atoms with Gasteiger partial charge in [0.25, 0.3) is 5.91 Å². The van der Waals surface area contributed by atoms with E-state index in [0.717, 1.165) is 0 Å². The average molecular weight is 357 g/mol. The highest BCUT2D eigenvalue weighted by Gasteiger charge is 2.29. The fourth-order valence-corrected chi connectivity index (χ4v) is 3.32. The summed E-state index contributed by atoms with van der Waals surface area (Å²) in [6.45, 7) is 0.970. The lowest BCUT2D eigenvalue weighted by Gasteiger charge is -2.34. The summed E-state index contributed by atoms with van der Waals surface area (Å²) in [6, 6.07) is 11.8. The molecule has 0 aromatic heterocycles. The number of carboxylic acid groups (broad SMARTS) is 1. The van der Waals surface area contributed by atoms with Gasteiger partial charge in [0.2, 0.25) is 0 Å². The number of carbonyl (C=O) groups is 2. The Hall–Kier alpha value is -2.73. The molecule has 6 heteroatoms. The lowest BCUT2D eigenvalue weighted by molar-refractivity contribution is 0.0462. The third-order valence-electron chi connectivity index (χ3n) is 4.84. The number of nitrogens with zero attached hydrogens (tertiary/aromatic N) is 1. The molecule has 1 atom stereocenters. The number of carboxylic acids is 1. The van der Waals surface area contributed by atoms with Crippen molar-refractivity contribution in [2.45, 2.75) is 18.9 Å². The molecule has 5 nitrogen and oxygen atoms in total. The first kappa shape index (κ1) is 18.1. The van der Waals surface area contributed by atoms with Crippen LogP contribution in [0.25, 0.3) is 0 Å². The van der Waals surface area contributed by atoms with Crippen LogP contribution in [0.3, 0.4) is 0 Å². The van der Waals surface area contributed by atoms with Crippen molar-refractivity contribution in [1.82, 2.24) is 4.90 Å². The largest absolute Gasteiger partial charge is 0.478 e. The van der Waals surface area contributed by atoms with E-state index < -0.39 is 12.1 Å². The van der Waals surface area contributed by atoms with Gasteiger partial charge in [-0.1, -0.05) is 18.2 Å². The summed E-state index contributed by atoms with van der Waals surface area (Å²) >= 11 is 0. The van der Waals surface area contributed by atoms with Crippen LogP contribution in [0, 0.1) is 11.7 Å². The Bertz CT molecular complexity index is 798. The Labute approximate surface area is 150 Å². The minimum atomic E-state index is -1.07. The van der Waals surface area contributed by atoms with E-state index in [9.17, 15) is 19.1 Å². The molecule has 1 aliphatic heterocycles. The zero-order chi connectivity index (χ0) is 18.7. The van der Waals surface area contributed by atoms with Crippen LogP contribution >= 0.6 is 0 Å². The van der Waals surface area contributed by atoms with Crippen molar-refractivity contribution in [2.75, 3.05) is 13.1 Å². The maximum absolute atomic E-state index is 13.0. The molecule has 136 valence electrons. The van der Waals surface area contributed by atoms with Crippen LogP contribution in [0.2, 0.25) is 0 Å². The molecular weight excluding hydrogens is 337 g/mol. The number of amides is 1. The quantitative estimate of drug-likeness (QED) is 0.881. The number of aliphatic hydroxyl groups is 1. The van der Waals surface area contributed by atoms with Gasteiger partial charge < -0.3 is 15.1 Å². The van der Waals surface area contributed by atoms with E-state index in [0.29, 0.717) is 37.1 Å². The fourth-order valence-electron chi connectivity index (χ4n) is 3.32. The van der Waals surface area contributed by atoms with Crippen LogP contribution in [-0.2, 0) is 0 Å². The highest BCUT2D eigenvalue weighted by molar-refractivity contribution is 5.97. The molecule has 1 fully saturated rings. The van der Waals surface area contributed by atoms with Gasteiger partial charge >= 0.3 is 5.97 Å². The Kier molecular flexibility index (Phi) is 5.32. The topological polar surface area (TPSA) is 77.8 Å². The molecule has 1 saturated heterocycles. The van der Waals surface area contributed by atoms with Gasteiger partial charge in [-0.05, 0) is 54.7 Å². The lowest BCUT2D eigenvalue weighted by Crippen LogP contribution is -2.39. The van der Waals surface area contributed by atoms with Crippen LogP contribution in [0.15, 0.2) is 48.5 Å². The summed E-state index contributed by atoms with van der Waals surface area (Å²) in [5.74, 6) is -1.62. The standard InChI is InChI=1S/C20H20FNO4/c21-17-6-4-13(5-7-17)18(23)14-8-10-22(11-9-14)19(24)15-2-1-3-16(12-15)20(25)26/h1-7,12,14,18,23H,8-11H2,(H,25,26)/t18-/m1/s1. The minimum absolute atomic E-state index is 0.00475. The lowest BCUT2D eigenvalue weighted by atomic mass is 9.87. The molecule has 0 spiro atoms. The normalized spacial score (nSPS) is 16.3. The molecule has 3 rings (SSSR count). The van der Waals surface area contributed by atoms with Gasteiger partial charge in [-0.2, -0.15) is 0 Å². The Balaban J connectivity index is 1.62. The molecule has 1 aliphatic rings. The second kappa shape index (κ2) is 7.66. The van der Waals surface area contributed by atoms with Crippen LogP contribution in [-0.4, -0.2) is 40.1 Å². The average Bonchev–Trinajstić information content (AvgIpc) is 2.67. The number of hydrogen-bond donors (Lipinski definition) is 2. The molecule has 2 aromatic rings. The summed E-state index contributed by atoms with van der Waals surface area (Å²) in [7, 11) is 0. The number of aromatic carboxylic acids is 1. The van der Waals surface area contributed by atoms with Crippen molar-refractivity contribution in [3.8, 4) is 0 Å². The van der Waals surface area contributed by atoms with Gasteiger partial charge in [-0.25, -0.2) is 9.18 Å². The number of likely N-dealkylation sites (tertiary alicyclic amines) is 1. The van der Waals surface area contributed by atoms with Gasteiger partial charge in [0, 0.05) is 18.7 Å². The zero-order valence-electron chi connectivity index (χ0n) is 14.1. The molecule has 0 aliphatic carbocycles. The van der Waals surface area contributed by atoms with Crippen LogP contribution in [0.5, 0.6) is 0 Å². The Morgan fingerprint density at radius 1 is 1.04 bits per heavy atom. The molecule has 26 heavy (non-hydrogen) atoms. The van der Waals surface area contributed by atoms with Crippen molar-refractivity contribution >= 4 is 11.9 Å². The maximum atomic E-state index is 13.0. The third kappa shape index (κ3) is 3.91. The summed E-state index contributed by atoms with van der Waals surface area (Å²) < 4.78 is 13.0. The molecule has 1 heterocycles. The van der Waals surface area contributed by atoms with Crippen molar-refractivity contribution in [1.29, 1.82) is 0 Å². The van der Waals surface area contributed by atoms with E-state index in [2.05, 4.69) is 0 Å². The van der Waals surface area contributed by atoms with Gasteiger partial charge in [0.05, 0.1) is 11.7 Å². The fraction of sp³-hybridized carbons (Fsp3) is 0.300. The van der Waals surface area contributed by atoms with Crippen LogP contribution in [0.4, 0.5) is 4.39 Å². The summed E-state index contributed by atoms with van der Waals surface area (Å²) in [4.78, 5) is 25.3. The predicted molar refractivity (Wildman–Crippen MR) is 93.4 cm³/mol. The molecule has 0 bridgehead atoms. The number of piperidine rings is 1. The Morgan fingerprint density at radius 2 is 1.65 bits per heavy atom. The number of rotatable bonds is 4. The second-order valence-electron chi connectivity index (χ2n) is 6.51. The van der Waals surface area contributed by atoms with E-state index in [-0.39, 0.29) is 23.2 Å². The van der Waals surface area contributed by atoms with E-state index in [1.807, 2.05) is 0 Å². The minimum Gasteiger partial charge on any atom is -0.478 e. The van der Waals surface area contributed by atoms with E-state index in [4.69, 9.17) is 5.11 Å². The van der Waals surface area contributed by atoms with Gasteiger partial charge in [-0.15, -0.1) is 0 Å². The Morgan fingerprint density at radius 3 is 2.27 bits per heavy atom. The molecule has 2 N–H and O–H groups in total. The number of halogens is 1. The first-order valence-corrected chi connectivity index (χ1v) is 8.52. The third-order valence-corrected chi connectivity index (χ3v) is 4.84.